The van der Waals surface area contributed by atoms with Crippen molar-refractivity contribution in [3.8, 4) is 0 Å². The molecule has 4 heteroatoms. The molecule has 74 valence electrons. The van der Waals surface area contributed by atoms with Gasteiger partial charge >= 0.3 is 51.4 Å². The molecule has 1 aliphatic heterocycles. The molecule has 0 amide bonds. The molecular weight excluding hydrogens is 217 g/mol. The molecule has 0 N–H and O–H groups in total. The second-order valence-electron chi connectivity index (χ2n) is 3.57. The molecule has 1 heterocycles. The monoisotopic (exact) mass is 229 g/mol. The number of anilines is 1. The molecular formula is C11H12KNO2. The Hall–Kier alpha value is 0.126. The standard InChI is InChI=1S/C11H13NO2.K/c1-8(11(13)14)12-7-6-9-4-2-3-5-10(9)12;/h2-5,8H,6-7H2,1H3,(H,13,14);/q;+1/p-1. The first-order valence-electron chi connectivity index (χ1n) is 4.75. The van der Waals surface area contributed by atoms with Gasteiger partial charge in [0.05, 0.1) is 12.0 Å². The first-order chi connectivity index (χ1) is 6.70. The maximum absolute atomic E-state index is 10.7. The number of benzene rings is 1. The van der Waals surface area contributed by atoms with Crippen molar-refractivity contribution in [2.75, 3.05) is 11.4 Å². The predicted molar refractivity (Wildman–Crippen MR) is 52.0 cm³/mol. The molecule has 2 rings (SSSR count). The zero-order valence-electron chi connectivity index (χ0n) is 9.06. The van der Waals surface area contributed by atoms with Gasteiger partial charge in [-0.15, -0.1) is 0 Å². The molecule has 1 aliphatic rings. The number of hydrogen-bond acceptors (Lipinski definition) is 3. The molecule has 1 atom stereocenters. The minimum absolute atomic E-state index is 0. The van der Waals surface area contributed by atoms with E-state index in [0.29, 0.717) is 0 Å². The molecule has 1 unspecified atom stereocenters. The first kappa shape index (κ1) is 13.2. The summed E-state index contributed by atoms with van der Waals surface area (Å²) in [5.74, 6) is -1.01. The fraction of sp³-hybridized carbons (Fsp3) is 0.364. The second-order valence-corrected chi connectivity index (χ2v) is 3.57. The normalized spacial score (nSPS) is 15.4. The van der Waals surface area contributed by atoms with Gasteiger partial charge in [0.1, 0.15) is 0 Å². The molecule has 0 saturated heterocycles. The maximum atomic E-state index is 10.7. The van der Waals surface area contributed by atoms with Crippen LogP contribution in [0.25, 0.3) is 0 Å². The third-order valence-electron chi connectivity index (χ3n) is 2.73. The van der Waals surface area contributed by atoms with Gasteiger partial charge < -0.3 is 14.8 Å². The van der Waals surface area contributed by atoms with Crippen LogP contribution in [-0.2, 0) is 11.2 Å². The van der Waals surface area contributed by atoms with Gasteiger partial charge in [-0.05, 0) is 25.0 Å². The van der Waals surface area contributed by atoms with Crippen LogP contribution in [0.2, 0.25) is 0 Å². The molecule has 1 aromatic carbocycles. The Morgan fingerprint density at radius 2 is 2.13 bits per heavy atom. The van der Waals surface area contributed by atoms with Crippen LogP contribution < -0.4 is 61.4 Å². The molecule has 0 aromatic heterocycles. The van der Waals surface area contributed by atoms with Crippen LogP contribution in [0.3, 0.4) is 0 Å². The van der Waals surface area contributed by atoms with E-state index < -0.39 is 12.0 Å². The van der Waals surface area contributed by atoms with E-state index >= 15 is 0 Å². The predicted octanol–water partition coefficient (Wildman–Crippen LogP) is -2.81. The van der Waals surface area contributed by atoms with E-state index in [2.05, 4.69) is 0 Å². The Morgan fingerprint density at radius 1 is 1.47 bits per heavy atom. The molecule has 1 aromatic rings. The zero-order chi connectivity index (χ0) is 10.1. The SMILES string of the molecule is CC(C(=O)[O-])N1CCc2ccccc21.[K+]. The van der Waals surface area contributed by atoms with E-state index in [9.17, 15) is 9.90 Å². The van der Waals surface area contributed by atoms with Crippen molar-refractivity contribution in [3.05, 3.63) is 29.8 Å². The van der Waals surface area contributed by atoms with Crippen LogP contribution in [0.5, 0.6) is 0 Å². The van der Waals surface area contributed by atoms with Crippen molar-refractivity contribution in [2.45, 2.75) is 19.4 Å². The third kappa shape index (κ3) is 2.63. The molecule has 0 spiro atoms. The Labute approximate surface area is 132 Å². The summed E-state index contributed by atoms with van der Waals surface area (Å²) < 4.78 is 0. The molecule has 0 radical (unpaired) electrons. The van der Waals surface area contributed by atoms with E-state index in [1.54, 1.807) is 6.92 Å². The summed E-state index contributed by atoms with van der Waals surface area (Å²) in [6.07, 6.45) is 0.924. The Bertz CT molecular complexity index is 367. The number of rotatable bonds is 2. The van der Waals surface area contributed by atoms with Gasteiger partial charge in [-0.3, -0.25) is 0 Å². The van der Waals surface area contributed by atoms with Gasteiger partial charge in [-0.2, -0.15) is 0 Å². The number of hydrogen-bond donors (Lipinski definition) is 0. The quantitative estimate of drug-likeness (QED) is 0.514. The molecule has 0 saturated carbocycles. The molecule has 15 heavy (non-hydrogen) atoms. The van der Waals surface area contributed by atoms with E-state index in [1.807, 2.05) is 29.2 Å². The summed E-state index contributed by atoms with van der Waals surface area (Å²) >= 11 is 0. The first-order valence-corrected chi connectivity index (χ1v) is 4.75. The fourth-order valence-electron chi connectivity index (χ4n) is 1.89. The summed E-state index contributed by atoms with van der Waals surface area (Å²) in [7, 11) is 0. The topological polar surface area (TPSA) is 43.4 Å². The van der Waals surface area contributed by atoms with Crippen LogP contribution in [0.1, 0.15) is 12.5 Å². The maximum Gasteiger partial charge on any atom is 1.00 e. The molecule has 0 aliphatic carbocycles. The summed E-state index contributed by atoms with van der Waals surface area (Å²) in [4.78, 5) is 12.6. The van der Waals surface area contributed by atoms with Crippen molar-refractivity contribution >= 4 is 11.7 Å². The summed E-state index contributed by atoms with van der Waals surface area (Å²) in [5, 5.41) is 10.7. The second kappa shape index (κ2) is 5.45. The van der Waals surface area contributed by atoms with Gasteiger partial charge in [0.15, 0.2) is 0 Å². The Balaban J connectivity index is 0.00000112. The number of nitrogens with zero attached hydrogens (tertiary/aromatic N) is 1. The smallest absolute Gasteiger partial charge is 0.548 e. The van der Waals surface area contributed by atoms with Crippen molar-refractivity contribution in [1.82, 2.24) is 0 Å². The zero-order valence-corrected chi connectivity index (χ0v) is 12.2. The number of para-hydroxylation sites is 1. The largest absolute Gasteiger partial charge is 1.00 e. The van der Waals surface area contributed by atoms with E-state index in [0.717, 1.165) is 18.7 Å². The van der Waals surface area contributed by atoms with E-state index in [4.69, 9.17) is 0 Å². The van der Waals surface area contributed by atoms with Crippen LogP contribution in [-0.4, -0.2) is 18.6 Å². The van der Waals surface area contributed by atoms with Gasteiger partial charge in [0.2, 0.25) is 0 Å². The summed E-state index contributed by atoms with van der Waals surface area (Å²) in [6, 6.07) is 7.36. The van der Waals surface area contributed by atoms with Gasteiger partial charge in [-0.25, -0.2) is 0 Å². The molecule has 0 fully saturated rings. The van der Waals surface area contributed by atoms with Gasteiger partial charge in [0.25, 0.3) is 0 Å². The minimum atomic E-state index is -1.01. The number of carbonyl (C=O) groups excluding carboxylic acids is 1. The average molecular weight is 229 g/mol. The van der Waals surface area contributed by atoms with Crippen molar-refractivity contribution in [2.24, 2.45) is 0 Å². The van der Waals surface area contributed by atoms with Crippen molar-refractivity contribution < 1.29 is 61.3 Å². The number of carboxylic acid groups (broad SMARTS) is 1. The number of aliphatic carboxylic acids is 1. The van der Waals surface area contributed by atoms with Crippen LogP contribution in [0.15, 0.2) is 24.3 Å². The van der Waals surface area contributed by atoms with Crippen LogP contribution in [0.4, 0.5) is 5.69 Å². The van der Waals surface area contributed by atoms with E-state index in [-0.39, 0.29) is 51.4 Å². The fourth-order valence-corrected chi connectivity index (χ4v) is 1.89. The average Bonchev–Trinajstić information content (AvgIpc) is 2.60. The number of carbonyl (C=O) groups is 1. The van der Waals surface area contributed by atoms with Crippen LogP contribution in [0, 0.1) is 0 Å². The summed E-state index contributed by atoms with van der Waals surface area (Å²) in [5.41, 5.74) is 2.25. The van der Waals surface area contributed by atoms with Crippen molar-refractivity contribution in [1.29, 1.82) is 0 Å². The van der Waals surface area contributed by atoms with Crippen LogP contribution >= 0.6 is 0 Å². The summed E-state index contributed by atoms with van der Waals surface area (Å²) in [6.45, 7) is 2.44. The molecule has 0 bridgehead atoms. The van der Waals surface area contributed by atoms with Gasteiger partial charge in [0, 0.05) is 12.2 Å². The molecule has 3 nitrogen and oxygen atoms in total. The van der Waals surface area contributed by atoms with Crippen molar-refractivity contribution in [3.63, 3.8) is 0 Å². The number of carboxylic acids is 1. The minimum Gasteiger partial charge on any atom is -0.548 e. The van der Waals surface area contributed by atoms with E-state index in [1.165, 1.54) is 5.56 Å². The number of fused-ring (bicyclic) bond motifs is 1. The Kier molecular flexibility index (Phi) is 4.80. The van der Waals surface area contributed by atoms with Gasteiger partial charge in [-0.1, -0.05) is 18.2 Å². The Morgan fingerprint density at radius 3 is 2.80 bits per heavy atom. The third-order valence-corrected chi connectivity index (χ3v) is 2.73.